The number of imidazole rings is 1. The summed E-state index contributed by atoms with van der Waals surface area (Å²) >= 11 is 0. The van der Waals surface area contributed by atoms with Crippen LogP contribution in [0.1, 0.15) is 11.1 Å². The fourth-order valence-electron chi connectivity index (χ4n) is 3.62. The minimum atomic E-state index is -0.294. The van der Waals surface area contributed by atoms with Crippen molar-refractivity contribution in [2.75, 3.05) is 33.3 Å². The molecule has 1 aromatic heterocycles. The van der Waals surface area contributed by atoms with Gasteiger partial charge in [-0.15, -0.1) is 0 Å². The molecule has 0 saturated carbocycles. The molecule has 3 aromatic rings. The SMILES string of the molecule is COc1ccc(CN2CCN(Cc3ccc(-n4ccnc4)cc3)CC2)cc1F. The Balaban J connectivity index is 1.28. The average molecular weight is 380 g/mol. The molecule has 28 heavy (non-hydrogen) atoms. The Bertz CT molecular complexity index is 887. The van der Waals surface area contributed by atoms with Gasteiger partial charge in [-0.25, -0.2) is 9.37 Å². The van der Waals surface area contributed by atoms with E-state index in [1.807, 2.05) is 23.2 Å². The molecule has 0 unspecified atom stereocenters. The molecule has 0 spiro atoms. The van der Waals surface area contributed by atoms with E-state index in [1.54, 1.807) is 18.3 Å². The normalized spacial score (nSPS) is 15.6. The number of aromatic nitrogens is 2. The first-order chi connectivity index (χ1) is 13.7. The molecule has 0 aliphatic carbocycles. The van der Waals surface area contributed by atoms with E-state index in [0.29, 0.717) is 5.75 Å². The zero-order chi connectivity index (χ0) is 19.3. The molecule has 1 saturated heterocycles. The monoisotopic (exact) mass is 380 g/mol. The number of nitrogens with zero attached hydrogens (tertiary/aromatic N) is 4. The summed E-state index contributed by atoms with van der Waals surface area (Å²) in [6.45, 7) is 5.73. The van der Waals surface area contributed by atoms with Gasteiger partial charge in [0.2, 0.25) is 0 Å². The zero-order valence-electron chi connectivity index (χ0n) is 16.1. The molecule has 0 N–H and O–H groups in total. The van der Waals surface area contributed by atoms with Crippen LogP contribution < -0.4 is 4.74 Å². The highest BCUT2D eigenvalue weighted by atomic mass is 19.1. The number of methoxy groups -OCH3 is 1. The first-order valence-electron chi connectivity index (χ1n) is 9.55. The predicted octanol–water partition coefficient (Wildman–Crippen LogP) is 3.34. The van der Waals surface area contributed by atoms with Crippen LogP contribution in [0.4, 0.5) is 4.39 Å². The molecule has 2 aromatic carbocycles. The van der Waals surface area contributed by atoms with Gasteiger partial charge in [-0.05, 0) is 35.4 Å². The first-order valence-corrected chi connectivity index (χ1v) is 9.55. The van der Waals surface area contributed by atoms with Crippen LogP contribution in [0, 0.1) is 5.82 Å². The van der Waals surface area contributed by atoms with Gasteiger partial charge in [-0.2, -0.15) is 0 Å². The van der Waals surface area contributed by atoms with Crippen molar-refractivity contribution in [2.24, 2.45) is 0 Å². The molecule has 0 bridgehead atoms. The number of ether oxygens (including phenoxy) is 1. The molecule has 1 fully saturated rings. The van der Waals surface area contributed by atoms with Gasteiger partial charge < -0.3 is 9.30 Å². The molecule has 0 atom stereocenters. The maximum Gasteiger partial charge on any atom is 0.165 e. The van der Waals surface area contributed by atoms with Gasteiger partial charge in [0.15, 0.2) is 11.6 Å². The van der Waals surface area contributed by atoms with Crippen LogP contribution in [0.2, 0.25) is 0 Å². The Hall–Kier alpha value is -2.70. The molecule has 4 rings (SSSR count). The molecule has 6 heteroatoms. The average Bonchev–Trinajstić information content (AvgIpc) is 3.25. The number of halogens is 1. The minimum absolute atomic E-state index is 0.294. The molecular formula is C22H25FN4O. The molecular weight excluding hydrogens is 355 g/mol. The Kier molecular flexibility index (Phi) is 5.69. The Morgan fingerprint density at radius 1 is 0.929 bits per heavy atom. The lowest BCUT2D eigenvalue weighted by molar-refractivity contribution is 0.122. The number of piperazine rings is 1. The Morgan fingerprint density at radius 3 is 2.14 bits per heavy atom. The van der Waals surface area contributed by atoms with Gasteiger partial charge in [0.25, 0.3) is 0 Å². The Morgan fingerprint density at radius 2 is 1.57 bits per heavy atom. The second kappa shape index (κ2) is 8.54. The van der Waals surface area contributed by atoms with Crippen LogP contribution in [0.5, 0.6) is 5.75 Å². The lowest BCUT2D eigenvalue weighted by Crippen LogP contribution is -2.45. The van der Waals surface area contributed by atoms with E-state index in [0.717, 1.165) is 50.5 Å². The maximum atomic E-state index is 13.9. The fraction of sp³-hybridized carbons (Fsp3) is 0.318. The molecule has 1 aliphatic heterocycles. The van der Waals surface area contributed by atoms with Gasteiger partial charge in [-0.3, -0.25) is 9.80 Å². The van der Waals surface area contributed by atoms with Crippen molar-refractivity contribution in [3.8, 4) is 11.4 Å². The van der Waals surface area contributed by atoms with Gasteiger partial charge in [0.05, 0.1) is 13.4 Å². The van der Waals surface area contributed by atoms with Crippen LogP contribution in [0.3, 0.4) is 0 Å². The van der Waals surface area contributed by atoms with E-state index in [1.165, 1.54) is 12.7 Å². The van der Waals surface area contributed by atoms with Crippen molar-refractivity contribution in [1.82, 2.24) is 19.4 Å². The topological polar surface area (TPSA) is 33.5 Å². The second-order valence-corrected chi connectivity index (χ2v) is 7.16. The molecule has 0 amide bonds. The quantitative estimate of drug-likeness (QED) is 0.657. The summed E-state index contributed by atoms with van der Waals surface area (Å²) < 4.78 is 20.9. The lowest BCUT2D eigenvalue weighted by atomic mass is 10.1. The van der Waals surface area contributed by atoms with Crippen molar-refractivity contribution in [3.63, 3.8) is 0 Å². The van der Waals surface area contributed by atoms with Crippen LogP contribution in [-0.4, -0.2) is 52.6 Å². The summed E-state index contributed by atoms with van der Waals surface area (Å²) in [5, 5.41) is 0. The fourth-order valence-corrected chi connectivity index (χ4v) is 3.62. The largest absolute Gasteiger partial charge is 0.494 e. The number of hydrogen-bond acceptors (Lipinski definition) is 4. The van der Waals surface area contributed by atoms with Crippen molar-refractivity contribution in [3.05, 3.63) is 78.1 Å². The molecule has 146 valence electrons. The summed E-state index contributed by atoms with van der Waals surface area (Å²) in [5.41, 5.74) is 3.43. The zero-order valence-corrected chi connectivity index (χ0v) is 16.1. The van der Waals surface area contributed by atoms with Crippen molar-refractivity contribution in [1.29, 1.82) is 0 Å². The highest BCUT2D eigenvalue weighted by molar-refractivity contribution is 5.34. The van der Waals surface area contributed by atoms with Crippen LogP contribution in [-0.2, 0) is 13.1 Å². The second-order valence-electron chi connectivity index (χ2n) is 7.16. The third kappa shape index (κ3) is 4.40. The van der Waals surface area contributed by atoms with Gasteiger partial charge in [0.1, 0.15) is 0 Å². The standard InChI is InChI=1S/C22H25FN4O/c1-28-22-7-4-19(14-21(22)23)16-26-12-10-25(11-13-26)15-18-2-5-20(6-3-18)27-9-8-24-17-27/h2-9,14,17H,10-13,15-16H2,1H3. The van der Waals surface area contributed by atoms with Crippen LogP contribution in [0.25, 0.3) is 5.69 Å². The van der Waals surface area contributed by atoms with E-state index in [4.69, 9.17) is 4.74 Å². The van der Waals surface area contributed by atoms with E-state index < -0.39 is 0 Å². The number of hydrogen-bond donors (Lipinski definition) is 0. The summed E-state index contributed by atoms with van der Waals surface area (Å²) in [7, 11) is 1.49. The predicted molar refractivity (Wildman–Crippen MR) is 107 cm³/mol. The number of rotatable bonds is 6. The van der Waals surface area contributed by atoms with Gasteiger partial charge in [-0.1, -0.05) is 18.2 Å². The van der Waals surface area contributed by atoms with Crippen molar-refractivity contribution >= 4 is 0 Å². The summed E-state index contributed by atoms with van der Waals surface area (Å²) in [5.74, 6) is 0.00500. The van der Waals surface area contributed by atoms with E-state index in [-0.39, 0.29) is 5.82 Å². The first kappa shape index (κ1) is 18.7. The van der Waals surface area contributed by atoms with Crippen molar-refractivity contribution in [2.45, 2.75) is 13.1 Å². The molecule has 0 radical (unpaired) electrons. The lowest BCUT2D eigenvalue weighted by Gasteiger charge is -2.34. The third-order valence-corrected chi connectivity index (χ3v) is 5.23. The summed E-state index contributed by atoms with van der Waals surface area (Å²) in [4.78, 5) is 8.93. The Labute approximate surface area is 165 Å². The van der Waals surface area contributed by atoms with E-state index in [2.05, 4.69) is 39.0 Å². The molecule has 5 nitrogen and oxygen atoms in total. The maximum absolute atomic E-state index is 13.9. The van der Waals surface area contributed by atoms with Gasteiger partial charge >= 0.3 is 0 Å². The third-order valence-electron chi connectivity index (χ3n) is 5.23. The van der Waals surface area contributed by atoms with Gasteiger partial charge in [0, 0.05) is 57.3 Å². The van der Waals surface area contributed by atoms with Crippen LogP contribution in [0.15, 0.2) is 61.2 Å². The highest BCUT2D eigenvalue weighted by Crippen LogP contribution is 2.19. The molecule has 1 aliphatic rings. The number of benzene rings is 2. The van der Waals surface area contributed by atoms with Crippen molar-refractivity contribution < 1.29 is 9.13 Å². The van der Waals surface area contributed by atoms with E-state index >= 15 is 0 Å². The summed E-state index contributed by atoms with van der Waals surface area (Å²) in [6, 6.07) is 13.8. The summed E-state index contributed by atoms with van der Waals surface area (Å²) in [6.07, 6.45) is 5.54. The minimum Gasteiger partial charge on any atom is -0.494 e. The van der Waals surface area contributed by atoms with E-state index in [9.17, 15) is 4.39 Å². The van der Waals surface area contributed by atoms with Crippen LogP contribution >= 0.6 is 0 Å². The highest BCUT2D eigenvalue weighted by Gasteiger charge is 2.17. The molecule has 2 heterocycles. The smallest absolute Gasteiger partial charge is 0.165 e.